The Morgan fingerprint density at radius 1 is 0.452 bits per heavy atom. The summed E-state index contributed by atoms with van der Waals surface area (Å²) in [6, 6.07) is 34.8. The zero-order valence-corrected chi connectivity index (χ0v) is 46.7. The maximum Gasteiger partial charge on any atom is 0.124 e. The number of thioether (sulfide) groups is 1. The summed E-state index contributed by atoms with van der Waals surface area (Å²) >= 11 is 2.00. The highest BCUT2D eigenvalue weighted by Crippen LogP contribution is 2.62. The second-order valence-electron chi connectivity index (χ2n) is 20.0. The molecule has 0 saturated heterocycles. The molecular formula is C58H94NOPS. The minimum Gasteiger partial charge on any atom is -0.487 e. The number of hydrogen-bond acceptors (Lipinski definition) is 3. The topological polar surface area (TPSA) is 12.5 Å². The first-order chi connectivity index (χ1) is 28.7. The van der Waals surface area contributed by atoms with Crippen LogP contribution in [0.2, 0.25) is 0 Å². The summed E-state index contributed by atoms with van der Waals surface area (Å²) < 4.78 is 6.23. The number of ether oxygens (including phenoxy) is 1. The predicted octanol–water partition coefficient (Wildman–Crippen LogP) is 17.8. The molecule has 4 aliphatic heterocycles. The summed E-state index contributed by atoms with van der Waals surface area (Å²) in [5.41, 5.74) is 8.26. The molecule has 0 fully saturated rings. The van der Waals surface area contributed by atoms with Gasteiger partial charge in [-0.25, -0.2) is 0 Å². The van der Waals surface area contributed by atoms with E-state index in [0.29, 0.717) is 15.3 Å². The van der Waals surface area contributed by atoms with Gasteiger partial charge in [0.15, 0.2) is 0 Å². The van der Waals surface area contributed by atoms with Gasteiger partial charge in [-0.1, -0.05) is 211 Å². The third-order valence-corrected chi connectivity index (χ3v) is 20.4. The molecule has 4 aliphatic rings. The number of benzene rings is 4. The Morgan fingerprint density at radius 2 is 0.871 bits per heavy atom. The molecule has 4 aromatic carbocycles. The fraction of sp³-hybridized carbons (Fsp3) is 0.586. The van der Waals surface area contributed by atoms with Gasteiger partial charge < -0.3 is 9.64 Å². The minimum absolute atomic E-state index is 0.0121. The lowest BCUT2D eigenvalue weighted by Gasteiger charge is -2.40. The number of hydrogen-bond donors (Lipinski definition) is 0. The largest absolute Gasteiger partial charge is 0.487 e. The van der Waals surface area contributed by atoms with Crippen LogP contribution in [0.4, 0.5) is 5.69 Å². The van der Waals surface area contributed by atoms with Crippen molar-refractivity contribution in [2.75, 3.05) is 18.6 Å². The maximum atomic E-state index is 5.91. The van der Waals surface area contributed by atoms with E-state index in [2.05, 4.69) is 214 Å². The van der Waals surface area contributed by atoms with Gasteiger partial charge in [-0.3, -0.25) is 0 Å². The monoisotopic (exact) mass is 884 g/mol. The van der Waals surface area contributed by atoms with E-state index in [1.54, 1.807) is 10.9 Å². The zero-order chi connectivity index (χ0) is 48.5. The van der Waals surface area contributed by atoms with Gasteiger partial charge in [-0.2, -0.15) is 0 Å². The molecule has 0 saturated carbocycles. The predicted molar refractivity (Wildman–Crippen MR) is 287 cm³/mol. The van der Waals surface area contributed by atoms with Crippen molar-refractivity contribution in [3.8, 4) is 5.75 Å². The van der Waals surface area contributed by atoms with E-state index >= 15 is 0 Å². The molecule has 4 heteroatoms. The van der Waals surface area contributed by atoms with Crippen LogP contribution in [0.25, 0.3) is 0 Å². The first-order valence-corrected chi connectivity index (χ1v) is 26.5. The van der Waals surface area contributed by atoms with Crippen molar-refractivity contribution in [2.24, 2.45) is 0 Å². The van der Waals surface area contributed by atoms with Crippen molar-refractivity contribution in [2.45, 2.75) is 214 Å². The van der Waals surface area contributed by atoms with Crippen molar-refractivity contribution in [3.63, 3.8) is 0 Å². The van der Waals surface area contributed by atoms with Gasteiger partial charge in [0.05, 0.1) is 0 Å². The van der Waals surface area contributed by atoms with Crippen LogP contribution in [0.1, 0.15) is 188 Å². The average molecular weight is 884 g/mol. The molecule has 1 unspecified atom stereocenters. The quantitative estimate of drug-likeness (QED) is 0.163. The van der Waals surface area contributed by atoms with Gasteiger partial charge in [0.1, 0.15) is 11.4 Å². The molecule has 0 amide bonds. The first-order valence-electron chi connectivity index (χ1n) is 23.9. The highest BCUT2D eigenvalue weighted by atomic mass is 32.2. The fourth-order valence-electron chi connectivity index (χ4n) is 8.29. The molecule has 0 spiro atoms. The van der Waals surface area contributed by atoms with Crippen molar-refractivity contribution in [1.82, 2.24) is 0 Å². The Morgan fingerprint density at radius 3 is 1.34 bits per heavy atom. The van der Waals surface area contributed by atoms with Crippen LogP contribution < -0.4 is 14.9 Å². The summed E-state index contributed by atoms with van der Waals surface area (Å²) in [6.07, 6.45) is 0. The molecule has 0 bridgehead atoms. The van der Waals surface area contributed by atoms with Crippen LogP contribution >= 0.6 is 19.7 Å². The standard InChI is InChI=1S/C13H19N.C13H19P.C12H16O.C12H16S.4C2H6/c2*1-12(2)10-8-6-7-9-11(10)14(5)13(12,3)4;2*1-11(2)9-7-5-6-8-10(9)13-12(11,3)4;4*1-2/h2*6-9H,1-5H3;2*5-8H,1-4H3;4*1-2H3. The number of nitrogens with zero attached hydrogens (tertiary/aromatic N) is 1. The van der Waals surface area contributed by atoms with E-state index in [-0.39, 0.29) is 35.3 Å². The number of anilines is 1. The molecule has 0 aliphatic carbocycles. The SMILES string of the molecule is CC.CC.CC.CC.CC1(C)Oc2ccccc2C1(C)C.CC1(C)Sc2ccccc2C1(C)C.CN1c2ccccc2C(C)(C)C1(C)C.CP1c2ccccc2C(C)(C)C1(C)C. The lowest BCUT2D eigenvalue weighted by molar-refractivity contribution is 0.0712. The first kappa shape index (κ1) is 57.3. The Balaban J connectivity index is 0.000000392. The third kappa shape index (κ3) is 10.5. The highest BCUT2D eigenvalue weighted by molar-refractivity contribution is 8.01. The molecule has 348 valence electrons. The smallest absolute Gasteiger partial charge is 0.124 e. The molecule has 0 N–H and O–H groups in total. The van der Waals surface area contributed by atoms with E-state index in [4.69, 9.17) is 4.74 Å². The van der Waals surface area contributed by atoms with Crippen LogP contribution in [0.15, 0.2) is 102 Å². The summed E-state index contributed by atoms with van der Waals surface area (Å²) in [6.45, 7) is 55.4. The van der Waals surface area contributed by atoms with Crippen LogP contribution in [-0.2, 0) is 21.7 Å². The summed E-state index contributed by atoms with van der Waals surface area (Å²) in [5, 5.41) is 2.03. The lowest BCUT2D eigenvalue weighted by Crippen LogP contribution is -2.49. The Kier molecular flexibility index (Phi) is 20.3. The third-order valence-electron chi connectivity index (χ3n) is 15.5. The van der Waals surface area contributed by atoms with Gasteiger partial charge >= 0.3 is 0 Å². The molecule has 0 aromatic heterocycles. The number of para-hydroxylation sites is 2. The van der Waals surface area contributed by atoms with Gasteiger partial charge in [0, 0.05) is 49.7 Å². The zero-order valence-electron chi connectivity index (χ0n) is 44.9. The van der Waals surface area contributed by atoms with Crippen LogP contribution in [-0.4, -0.2) is 34.8 Å². The van der Waals surface area contributed by atoms with Crippen LogP contribution in [0.5, 0.6) is 5.75 Å². The van der Waals surface area contributed by atoms with Crippen molar-refractivity contribution >= 4 is 30.7 Å². The second-order valence-corrected chi connectivity index (χ2v) is 24.4. The summed E-state index contributed by atoms with van der Waals surface area (Å²) in [7, 11) is 2.18. The minimum atomic E-state index is -0.101. The van der Waals surface area contributed by atoms with Crippen molar-refractivity contribution in [3.05, 3.63) is 119 Å². The van der Waals surface area contributed by atoms with Gasteiger partial charge in [-0.15, -0.1) is 11.8 Å². The van der Waals surface area contributed by atoms with Crippen LogP contribution in [0.3, 0.4) is 0 Å². The molecule has 8 rings (SSSR count). The number of fused-ring (bicyclic) bond motifs is 4. The van der Waals surface area contributed by atoms with Crippen molar-refractivity contribution in [1.29, 1.82) is 0 Å². The summed E-state index contributed by atoms with van der Waals surface area (Å²) in [5.74, 6) is 1.04. The molecule has 1 atom stereocenters. The number of rotatable bonds is 0. The Labute approximate surface area is 391 Å². The lowest BCUT2D eigenvalue weighted by atomic mass is 9.72. The van der Waals surface area contributed by atoms with Crippen LogP contribution in [0, 0.1) is 0 Å². The molecule has 4 heterocycles. The Hall–Kier alpha value is -2.74. The number of likely N-dealkylation sites (N-methyl/N-ethyl adjacent to an activating group) is 1. The molecular weight excluding hydrogens is 790 g/mol. The van der Waals surface area contributed by atoms with E-state index in [0.717, 1.165) is 5.75 Å². The average Bonchev–Trinajstić information content (AvgIpc) is 3.69. The summed E-state index contributed by atoms with van der Waals surface area (Å²) in [4.78, 5) is 3.85. The van der Waals surface area contributed by atoms with E-state index < -0.39 is 0 Å². The molecule has 0 radical (unpaired) electrons. The Bertz CT molecular complexity index is 1840. The second kappa shape index (κ2) is 22.0. The van der Waals surface area contributed by atoms with Gasteiger partial charge in [0.25, 0.3) is 0 Å². The van der Waals surface area contributed by atoms with E-state index in [9.17, 15) is 0 Å². The fourth-order valence-corrected chi connectivity index (χ4v) is 12.4. The molecule has 2 nitrogen and oxygen atoms in total. The molecule has 4 aromatic rings. The van der Waals surface area contributed by atoms with Gasteiger partial charge in [-0.05, 0) is 99.0 Å². The normalized spacial score (nSPS) is 21.0. The van der Waals surface area contributed by atoms with E-state index in [1.807, 2.05) is 79.3 Å². The van der Waals surface area contributed by atoms with E-state index in [1.165, 1.54) is 27.3 Å². The molecule has 62 heavy (non-hydrogen) atoms. The maximum absolute atomic E-state index is 5.91. The van der Waals surface area contributed by atoms with Crippen molar-refractivity contribution < 1.29 is 4.74 Å². The highest BCUT2D eigenvalue weighted by Gasteiger charge is 2.51. The van der Waals surface area contributed by atoms with Gasteiger partial charge in [0.2, 0.25) is 0 Å².